The Morgan fingerprint density at radius 2 is 2.14 bits per heavy atom. The third-order valence-electron chi connectivity index (χ3n) is 3.88. The van der Waals surface area contributed by atoms with Crippen molar-refractivity contribution in [2.75, 3.05) is 31.1 Å². The maximum absolute atomic E-state index is 12.3. The van der Waals surface area contributed by atoms with Gasteiger partial charge in [-0.2, -0.15) is 0 Å². The van der Waals surface area contributed by atoms with Crippen LogP contribution in [0.3, 0.4) is 0 Å². The summed E-state index contributed by atoms with van der Waals surface area (Å²) >= 11 is 3.98. The molecule has 2 fully saturated rings. The summed E-state index contributed by atoms with van der Waals surface area (Å²) in [7, 11) is 0. The van der Waals surface area contributed by atoms with Crippen LogP contribution in [-0.4, -0.2) is 46.6 Å². The predicted molar refractivity (Wildman–Crippen MR) is 87.0 cm³/mol. The molecule has 7 heteroatoms. The molecule has 0 radical (unpaired) electrons. The Labute approximate surface area is 133 Å². The number of piperidine rings is 1. The number of amides is 1. The number of carbonyl (C=O) groups is 1. The lowest BCUT2D eigenvalue weighted by atomic mass is 9.94. The third kappa shape index (κ3) is 3.96. The molecule has 21 heavy (non-hydrogen) atoms. The van der Waals surface area contributed by atoms with Crippen molar-refractivity contribution in [3.8, 4) is 0 Å². The highest BCUT2D eigenvalue weighted by Gasteiger charge is 2.26. The van der Waals surface area contributed by atoms with Crippen molar-refractivity contribution in [2.45, 2.75) is 29.8 Å². The number of aromatic nitrogens is 1. The fourth-order valence-corrected chi connectivity index (χ4v) is 5.59. The summed E-state index contributed by atoms with van der Waals surface area (Å²) in [6, 6.07) is 0. The van der Waals surface area contributed by atoms with Gasteiger partial charge >= 0.3 is 0 Å². The van der Waals surface area contributed by atoms with Crippen LogP contribution in [0.5, 0.6) is 0 Å². The Bertz CT molecular complexity index is 469. The molecule has 116 valence electrons. The molecule has 0 spiro atoms. The summed E-state index contributed by atoms with van der Waals surface area (Å²) in [6.45, 7) is 2.66. The molecule has 3 rings (SSSR count). The molecular weight excluding hydrogens is 306 g/mol. The van der Waals surface area contributed by atoms with E-state index in [1.165, 1.54) is 17.9 Å². The van der Waals surface area contributed by atoms with Gasteiger partial charge in [0.05, 0.1) is 4.58 Å². The van der Waals surface area contributed by atoms with Gasteiger partial charge in [0.2, 0.25) is 0 Å². The van der Waals surface area contributed by atoms with Crippen molar-refractivity contribution in [1.82, 2.24) is 15.6 Å². The van der Waals surface area contributed by atoms with Gasteiger partial charge in [0.25, 0.3) is 5.91 Å². The lowest BCUT2D eigenvalue weighted by Crippen LogP contribution is -2.30. The van der Waals surface area contributed by atoms with Crippen molar-refractivity contribution in [3.05, 3.63) is 17.8 Å². The Balaban J connectivity index is 1.53. The number of hydrogen-bond acceptors (Lipinski definition) is 6. The van der Waals surface area contributed by atoms with Gasteiger partial charge in [0, 0.05) is 24.0 Å². The number of nitrogens with one attached hydrogen (secondary N) is 2. The summed E-state index contributed by atoms with van der Waals surface area (Å²) in [6.07, 6.45) is 4.42. The first-order valence-electron chi connectivity index (χ1n) is 7.50. The Morgan fingerprint density at radius 3 is 2.90 bits per heavy atom. The summed E-state index contributed by atoms with van der Waals surface area (Å²) in [4.78, 5) is 16.4. The normalized spacial score (nSPS) is 20.8. The van der Waals surface area contributed by atoms with E-state index in [4.69, 9.17) is 4.42 Å². The van der Waals surface area contributed by atoms with E-state index in [0.29, 0.717) is 22.7 Å². The van der Waals surface area contributed by atoms with Gasteiger partial charge in [-0.25, -0.2) is 4.98 Å². The van der Waals surface area contributed by atoms with E-state index in [-0.39, 0.29) is 5.91 Å². The molecule has 0 atom stereocenters. The molecule has 0 saturated carbocycles. The highest BCUT2D eigenvalue weighted by Crippen LogP contribution is 2.33. The van der Waals surface area contributed by atoms with Crippen LogP contribution in [0.25, 0.3) is 0 Å². The van der Waals surface area contributed by atoms with Crippen LogP contribution < -0.4 is 10.6 Å². The molecule has 2 aliphatic heterocycles. The van der Waals surface area contributed by atoms with Crippen LogP contribution in [0.2, 0.25) is 0 Å². The number of carbonyl (C=O) groups excluding carboxylic acids is 1. The first-order valence-corrected chi connectivity index (χ1v) is 9.60. The predicted octanol–water partition coefficient (Wildman–Crippen LogP) is 2.07. The second-order valence-electron chi connectivity index (χ2n) is 5.31. The summed E-state index contributed by atoms with van der Waals surface area (Å²) in [5.74, 6) is 3.44. The molecule has 2 aliphatic rings. The van der Waals surface area contributed by atoms with E-state index in [1.54, 1.807) is 0 Å². The Morgan fingerprint density at radius 1 is 1.38 bits per heavy atom. The van der Waals surface area contributed by atoms with Crippen LogP contribution in [0, 0.1) is 0 Å². The standard InChI is InChI=1S/C14H21N3O2S2/c18-14(16-6-3-11-20-7-8-21-11)12-13(19-9-17-12)10-1-4-15-5-2-10/h9-11,15H,1-8H2,(H,16,18). The second-order valence-corrected chi connectivity index (χ2v) is 8.22. The molecule has 1 amide bonds. The largest absolute Gasteiger partial charge is 0.447 e. The molecule has 3 heterocycles. The van der Waals surface area contributed by atoms with Crippen molar-refractivity contribution in [1.29, 1.82) is 0 Å². The van der Waals surface area contributed by atoms with E-state index in [2.05, 4.69) is 15.6 Å². The van der Waals surface area contributed by atoms with Crippen molar-refractivity contribution in [3.63, 3.8) is 0 Å². The molecule has 2 N–H and O–H groups in total. The number of oxazole rings is 1. The van der Waals surface area contributed by atoms with Crippen LogP contribution in [0.15, 0.2) is 10.8 Å². The molecular formula is C14H21N3O2S2. The monoisotopic (exact) mass is 327 g/mol. The van der Waals surface area contributed by atoms with Crippen LogP contribution in [-0.2, 0) is 0 Å². The number of nitrogens with zero attached hydrogens (tertiary/aromatic N) is 1. The van der Waals surface area contributed by atoms with Crippen LogP contribution in [0.1, 0.15) is 41.4 Å². The van der Waals surface area contributed by atoms with E-state index >= 15 is 0 Å². The Hall–Kier alpha value is -0.660. The quantitative estimate of drug-likeness (QED) is 0.863. The van der Waals surface area contributed by atoms with Gasteiger partial charge in [-0.1, -0.05) is 0 Å². The highest BCUT2D eigenvalue weighted by molar-refractivity contribution is 8.20. The van der Waals surface area contributed by atoms with E-state index < -0.39 is 0 Å². The van der Waals surface area contributed by atoms with Gasteiger partial charge in [0.15, 0.2) is 12.1 Å². The topological polar surface area (TPSA) is 67.2 Å². The maximum Gasteiger partial charge on any atom is 0.273 e. The zero-order chi connectivity index (χ0) is 14.5. The van der Waals surface area contributed by atoms with Gasteiger partial charge < -0.3 is 15.1 Å². The average Bonchev–Trinajstić information content (AvgIpc) is 3.19. The summed E-state index contributed by atoms with van der Waals surface area (Å²) in [5.41, 5.74) is 0.480. The van der Waals surface area contributed by atoms with Crippen LogP contribution in [0.4, 0.5) is 0 Å². The number of rotatable bonds is 5. The zero-order valence-corrected chi connectivity index (χ0v) is 13.6. The molecule has 1 aromatic rings. The first kappa shape index (κ1) is 15.2. The first-order chi connectivity index (χ1) is 10.3. The molecule has 0 aliphatic carbocycles. The minimum Gasteiger partial charge on any atom is -0.447 e. The van der Waals surface area contributed by atoms with E-state index in [1.807, 2.05) is 23.5 Å². The summed E-state index contributed by atoms with van der Waals surface area (Å²) < 4.78 is 6.13. The van der Waals surface area contributed by atoms with Gasteiger partial charge in [-0.3, -0.25) is 4.79 Å². The summed E-state index contributed by atoms with van der Waals surface area (Å²) in [5, 5.41) is 6.31. The van der Waals surface area contributed by atoms with Gasteiger partial charge in [0.1, 0.15) is 5.76 Å². The zero-order valence-electron chi connectivity index (χ0n) is 12.0. The lowest BCUT2D eigenvalue weighted by molar-refractivity contribution is 0.0946. The third-order valence-corrected chi connectivity index (χ3v) is 7.05. The van der Waals surface area contributed by atoms with Gasteiger partial charge in [-0.15, -0.1) is 23.5 Å². The van der Waals surface area contributed by atoms with Crippen molar-refractivity contribution in [2.24, 2.45) is 0 Å². The van der Waals surface area contributed by atoms with Gasteiger partial charge in [-0.05, 0) is 32.4 Å². The molecule has 1 aromatic heterocycles. The Kier molecular flexibility index (Phi) is 5.49. The SMILES string of the molecule is O=C(NCCC1SCCS1)c1ncoc1C1CCNCC1. The minimum absolute atomic E-state index is 0.0923. The molecule has 2 saturated heterocycles. The molecule has 5 nitrogen and oxygen atoms in total. The second kappa shape index (κ2) is 7.56. The average molecular weight is 327 g/mol. The van der Waals surface area contributed by atoms with Crippen molar-refractivity contribution < 1.29 is 9.21 Å². The number of thioether (sulfide) groups is 2. The molecule has 0 aromatic carbocycles. The number of hydrogen-bond donors (Lipinski definition) is 2. The smallest absolute Gasteiger partial charge is 0.273 e. The highest BCUT2D eigenvalue weighted by atomic mass is 32.2. The fourth-order valence-electron chi connectivity index (χ4n) is 2.76. The lowest BCUT2D eigenvalue weighted by Gasteiger charge is -2.21. The minimum atomic E-state index is -0.0923. The van der Waals surface area contributed by atoms with Crippen LogP contribution >= 0.6 is 23.5 Å². The molecule has 0 bridgehead atoms. The van der Waals surface area contributed by atoms with Crippen molar-refractivity contribution >= 4 is 29.4 Å². The maximum atomic E-state index is 12.3. The van der Waals surface area contributed by atoms with E-state index in [9.17, 15) is 4.79 Å². The van der Waals surface area contributed by atoms with E-state index in [0.717, 1.165) is 38.1 Å². The fraction of sp³-hybridized carbons (Fsp3) is 0.714. The molecule has 0 unspecified atom stereocenters.